The molecule has 0 rings (SSSR count). The molecule has 0 saturated carbocycles. The molecule has 0 aliphatic rings. The maximum absolute atomic E-state index is 10.3. The zero-order chi connectivity index (χ0) is 15.1. The van der Waals surface area contributed by atoms with Crippen molar-refractivity contribution in [2.75, 3.05) is 0 Å². The number of aliphatic hydroxyl groups is 1. The summed E-state index contributed by atoms with van der Waals surface area (Å²) in [6.45, 7) is 1.91. The molecule has 0 aliphatic heterocycles. The van der Waals surface area contributed by atoms with Gasteiger partial charge < -0.3 is 10.2 Å². The van der Waals surface area contributed by atoms with Crippen molar-refractivity contribution in [3.05, 3.63) is 24.3 Å². The van der Waals surface area contributed by atoms with Crippen LogP contribution in [0, 0.1) is 23.7 Å². The summed E-state index contributed by atoms with van der Waals surface area (Å²) in [7, 11) is 0. The maximum atomic E-state index is 10.3. The second-order valence-corrected chi connectivity index (χ2v) is 4.28. The van der Waals surface area contributed by atoms with E-state index in [0.717, 1.165) is 19.3 Å². The number of carboxylic acids is 1. The van der Waals surface area contributed by atoms with Gasteiger partial charge in [-0.25, -0.2) is 0 Å². The molecule has 0 fully saturated rings. The SMILES string of the molecule is C/C=C/C#CC#CC/C=C/CCCC[C@H](O)CC(=O)O. The highest BCUT2D eigenvalue weighted by Gasteiger charge is 2.07. The Morgan fingerprint density at radius 1 is 1.25 bits per heavy atom. The highest BCUT2D eigenvalue weighted by molar-refractivity contribution is 5.67. The molecule has 3 nitrogen and oxygen atoms in total. The molecule has 108 valence electrons. The van der Waals surface area contributed by atoms with E-state index in [1.54, 1.807) is 6.08 Å². The molecule has 0 spiro atoms. The normalized spacial score (nSPS) is 11.7. The third-order valence-corrected chi connectivity index (χ3v) is 2.43. The molecule has 0 amide bonds. The fourth-order valence-corrected chi connectivity index (χ4v) is 1.46. The predicted octanol–water partition coefficient (Wildman–Crippen LogP) is 2.91. The van der Waals surface area contributed by atoms with E-state index in [0.29, 0.717) is 12.8 Å². The average Bonchev–Trinajstić information content (AvgIpc) is 2.39. The van der Waals surface area contributed by atoms with Crippen LogP contribution in [0.5, 0.6) is 0 Å². The number of hydrogen-bond acceptors (Lipinski definition) is 2. The van der Waals surface area contributed by atoms with Gasteiger partial charge >= 0.3 is 5.97 Å². The van der Waals surface area contributed by atoms with Crippen LogP contribution < -0.4 is 0 Å². The Balaban J connectivity index is 3.54. The number of aliphatic hydroxyl groups excluding tert-OH is 1. The van der Waals surface area contributed by atoms with E-state index in [4.69, 9.17) is 5.11 Å². The van der Waals surface area contributed by atoms with Gasteiger partial charge in [-0.1, -0.05) is 36.5 Å². The first-order valence-electron chi connectivity index (χ1n) is 6.81. The van der Waals surface area contributed by atoms with E-state index < -0.39 is 12.1 Å². The van der Waals surface area contributed by atoms with E-state index in [2.05, 4.69) is 29.8 Å². The zero-order valence-electron chi connectivity index (χ0n) is 11.9. The van der Waals surface area contributed by atoms with Crippen LogP contribution in [0.3, 0.4) is 0 Å². The van der Waals surface area contributed by atoms with Crippen LogP contribution in [0.25, 0.3) is 0 Å². The molecule has 1 atom stereocenters. The van der Waals surface area contributed by atoms with Gasteiger partial charge in [0.1, 0.15) is 0 Å². The molecular formula is C17H22O3. The number of carbonyl (C=O) groups is 1. The minimum atomic E-state index is -0.950. The molecule has 0 heterocycles. The van der Waals surface area contributed by atoms with Crippen LogP contribution in [0.4, 0.5) is 0 Å². The molecule has 0 aliphatic carbocycles. The lowest BCUT2D eigenvalue weighted by molar-refractivity contribution is -0.139. The molecule has 3 heteroatoms. The minimum absolute atomic E-state index is 0.167. The van der Waals surface area contributed by atoms with Gasteiger partial charge in [0.25, 0.3) is 0 Å². The predicted molar refractivity (Wildman–Crippen MR) is 80.9 cm³/mol. The minimum Gasteiger partial charge on any atom is -0.481 e. The van der Waals surface area contributed by atoms with Crippen molar-refractivity contribution in [1.82, 2.24) is 0 Å². The van der Waals surface area contributed by atoms with Crippen molar-refractivity contribution in [3.63, 3.8) is 0 Å². The van der Waals surface area contributed by atoms with Gasteiger partial charge in [-0.3, -0.25) is 4.79 Å². The molecule has 0 bridgehead atoms. The summed E-state index contributed by atoms with van der Waals surface area (Å²) in [5, 5.41) is 17.8. The molecule has 0 aromatic carbocycles. The van der Waals surface area contributed by atoms with Crippen LogP contribution in [0.2, 0.25) is 0 Å². The topological polar surface area (TPSA) is 57.5 Å². The number of carboxylic acid groups (broad SMARTS) is 1. The van der Waals surface area contributed by atoms with Crippen molar-refractivity contribution >= 4 is 5.97 Å². The van der Waals surface area contributed by atoms with Gasteiger partial charge in [0.15, 0.2) is 0 Å². The number of rotatable bonds is 8. The monoisotopic (exact) mass is 274 g/mol. The fourth-order valence-electron chi connectivity index (χ4n) is 1.46. The Morgan fingerprint density at radius 2 is 2.05 bits per heavy atom. The van der Waals surface area contributed by atoms with Gasteiger partial charge in [-0.05, 0) is 44.1 Å². The first-order chi connectivity index (χ1) is 9.66. The van der Waals surface area contributed by atoms with Gasteiger partial charge in [0, 0.05) is 6.42 Å². The Kier molecular flexibility index (Phi) is 12.1. The molecule has 0 aromatic rings. The average molecular weight is 274 g/mol. The third-order valence-electron chi connectivity index (χ3n) is 2.43. The Bertz CT molecular complexity index is 438. The maximum Gasteiger partial charge on any atom is 0.305 e. The molecular weight excluding hydrogens is 252 g/mol. The van der Waals surface area contributed by atoms with Gasteiger partial charge in [0.05, 0.1) is 12.5 Å². The summed E-state index contributed by atoms with van der Waals surface area (Å²) in [6.07, 6.45) is 10.7. The zero-order valence-corrected chi connectivity index (χ0v) is 11.9. The van der Waals surface area contributed by atoms with Crippen LogP contribution in [-0.4, -0.2) is 22.3 Å². The second-order valence-electron chi connectivity index (χ2n) is 4.28. The van der Waals surface area contributed by atoms with Crippen LogP contribution >= 0.6 is 0 Å². The molecule has 0 aromatic heterocycles. The Labute approximate surface area is 121 Å². The number of allylic oxidation sites excluding steroid dienone is 4. The first-order valence-corrected chi connectivity index (χ1v) is 6.81. The lowest BCUT2D eigenvalue weighted by atomic mass is 10.1. The summed E-state index contributed by atoms with van der Waals surface area (Å²) >= 11 is 0. The molecule has 20 heavy (non-hydrogen) atoms. The number of hydrogen-bond donors (Lipinski definition) is 2. The summed E-state index contributed by atoms with van der Waals surface area (Å²) in [4.78, 5) is 10.3. The van der Waals surface area contributed by atoms with Crippen LogP contribution in [0.15, 0.2) is 24.3 Å². The number of aliphatic carboxylic acids is 1. The molecule has 0 radical (unpaired) electrons. The van der Waals surface area contributed by atoms with E-state index >= 15 is 0 Å². The molecule has 2 N–H and O–H groups in total. The third kappa shape index (κ3) is 14.1. The lowest BCUT2D eigenvalue weighted by Gasteiger charge is -2.05. The van der Waals surface area contributed by atoms with Crippen molar-refractivity contribution in [2.45, 2.75) is 51.6 Å². The van der Waals surface area contributed by atoms with Crippen LogP contribution in [-0.2, 0) is 4.79 Å². The van der Waals surface area contributed by atoms with Gasteiger partial charge in [-0.15, -0.1) is 0 Å². The lowest BCUT2D eigenvalue weighted by Crippen LogP contribution is -2.12. The molecule has 0 unspecified atom stereocenters. The van der Waals surface area contributed by atoms with Gasteiger partial charge in [-0.2, -0.15) is 0 Å². The summed E-state index contributed by atoms with van der Waals surface area (Å²) in [6, 6.07) is 0. The highest BCUT2D eigenvalue weighted by atomic mass is 16.4. The largest absolute Gasteiger partial charge is 0.481 e. The van der Waals surface area contributed by atoms with Crippen molar-refractivity contribution in [3.8, 4) is 23.7 Å². The quantitative estimate of drug-likeness (QED) is 0.406. The van der Waals surface area contributed by atoms with Crippen molar-refractivity contribution in [2.24, 2.45) is 0 Å². The fraction of sp³-hybridized carbons (Fsp3) is 0.471. The summed E-state index contributed by atoms with van der Waals surface area (Å²) in [5.41, 5.74) is 0. The van der Waals surface area contributed by atoms with Crippen molar-refractivity contribution in [1.29, 1.82) is 0 Å². The van der Waals surface area contributed by atoms with Gasteiger partial charge in [0.2, 0.25) is 0 Å². The first kappa shape index (κ1) is 18.0. The van der Waals surface area contributed by atoms with E-state index in [9.17, 15) is 9.90 Å². The van der Waals surface area contributed by atoms with E-state index in [-0.39, 0.29) is 6.42 Å². The summed E-state index contributed by atoms with van der Waals surface area (Å²) < 4.78 is 0. The highest BCUT2D eigenvalue weighted by Crippen LogP contribution is 2.07. The standard InChI is InChI=1S/C17H22O3/c1-2-3-4-5-6-7-8-9-10-11-12-13-14-16(18)15-17(19)20/h2-3,9-10,16,18H,8,11-15H2,1H3,(H,19,20)/b3-2+,10-9+/t16-/m0/s1. The summed E-state index contributed by atoms with van der Waals surface area (Å²) in [5.74, 6) is 10.2. The smallest absolute Gasteiger partial charge is 0.305 e. The van der Waals surface area contributed by atoms with E-state index in [1.165, 1.54) is 0 Å². The number of unbranched alkanes of at least 4 members (excludes halogenated alkanes) is 2. The second kappa shape index (κ2) is 13.5. The van der Waals surface area contributed by atoms with Crippen LogP contribution in [0.1, 0.15) is 45.4 Å². The Hall–Kier alpha value is -1.97. The van der Waals surface area contributed by atoms with E-state index in [1.807, 2.05) is 19.1 Å². The van der Waals surface area contributed by atoms with Crippen molar-refractivity contribution < 1.29 is 15.0 Å². The Morgan fingerprint density at radius 3 is 2.75 bits per heavy atom. The molecule has 0 saturated heterocycles.